The van der Waals surface area contributed by atoms with Crippen molar-refractivity contribution in [1.82, 2.24) is 0 Å². The van der Waals surface area contributed by atoms with Crippen LogP contribution in [0.5, 0.6) is 5.75 Å². The van der Waals surface area contributed by atoms with Gasteiger partial charge in [-0.05, 0) is 36.5 Å². The van der Waals surface area contributed by atoms with Crippen molar-refractivity contribution >= 4 is 0 Å². The second-order valence-corrected chi connectivity index (χ2v) is 5.60. The van der Waals surface area contributed by atoms with Crippen molar-refractivity contribution in [3.63, 3.8) is 0 Å². The number of ether oxygens (including phenoxy) is 1. The van der Waals surface area contributed by atoms with E-state index in [-0.39, 0.29) is 11.6 Å². The van der Waals surface area contributed by atoms with E-state index in [1.807, 2.05) is 6.07 Å². The van der Waals surface area contributed by atoms with Crippen molar-refractivity contribution in [2.45, 2.75) is 51.0 Å². The zero-order valence-corrected chi connectivity index (χ0v) is 11.8. The van der Waals surface area contributed by atoms with Gasteiger partial charge in [0.25, 0.3) is 0 Å². The molecule has 2 rings (SSSR count). The highest BCUT2D eigenvalue weighted by atomic mass is 19.1. The molecular weight excluding hydrogens is 243 g/mol. The minimum absolute atomic E-state index is 0.256. The van der Waals surface area contributed by atoms with E-state index in [0.717, 1.165) is 31.2 Å². The second-order valence-electron chi connectivity index (χ2n) is 5.60. The van der Waals surface area contributed by atoms with Crippen LogP contribution in [-0.4, -0.2) is 17.8 Å². The topological polar surface area (TPSA) is 29.5 Å². The summed E-state index contributed by atoms with van der Waals surface area (Å²) in [6, 6.07) is 4.97. The third kappa shape index (κ3) is 3.08. The molecule has 1 N–H and O–H groups in total. The van der Waals surface area contributed by atoms with Crippen LogP contribution in [0.4, 0.5) is 4.39 Å². The fraction of sp³-hybridized carbons (Fsp3) is 0.625. The van der Waals surface area contributed by atoms with Crippen molar-refractivity contribution in [1.29, 1.82) is 0 Å². The van der Waals surface area contributed by atoms with Crippen LogP contribution in [0.1, 0.15) is 44.6 Å². The van der Waals surface area contributed by atoms with Crippen LogP contribution in [0.15, 0.2) is 18.2 Å². The minimum atomic E-state index is -0.673. The smallest absolute Gasteiger partial charge is 0.165 e. The molecule has 1 saturated carbocycles. The van der Waals surface area contributed by atoms with Crippen molar-refractivity contribution < 1.29 is 14.2 Å². The summed E-state index contributed by atoms with van der Waals surface area (Å²) >= 11 is 0. The lowest BCUT2D eigenvalue weighted by Gasteiger charge is -2.40. The Kier molecular flexibility index (Phi) is 4.46. The molecule has 2 atom stereocenters. The maximum absolute atomic E-state index is 13.7. The second kappa shape index (κ2) is 5.91. The number of rotatable bonds is 4. The van der Waals surface area contributed by atoms with Crippen LogP contribution in [0, 0.1) is 11.7 Å². The molecule has 0 heterocycles. The Morgan fingerprint density at radius 3 is 2.84 bits per heavy atom. The first kappa shape index (κ1) is 14.3. The summed E-state index contributed by atoms with van der Waals surface area (Å²) in [5.41, 5.74) is 0.176. The molecule has 1 aliphatic carbocycles. The van der Waals surface area contributed by atoms with Crippen LogP contribution < -0.4 is 4.74 Å². The van der Waals surface area contributed by atoms with Gasteiger partial charge in [0.1, 0.15) is 0 Å². The standard InChI is InChI=1S/C16H23FO2/c1-3-13-6-4-5-9-16(13,18)11-12-7-8-15(19-2)14(17)10-12/h7-8,10,13,18H,3-6,9,11H2,1-2H3. The molecule has 0 aliphatic heterocycles. The third-order valence-electron chi connectivity index (χ3n) is 4.39. The Morgan fingerprint density at radius 2 is 2.21 bits per heavy atom. The lowest BCUT2D eigenvalue weighted by Crippen LogP contribution is -2.42. The Hall–Kier alpha value is -1.09. The molecular formula is C16H23FO2. The maximum atomic E-state index is 13.7. The molecule has 2 unspecified atom stereocenters. The third-order valence-corrected chi connectivity index (χ3v) is 4.39. The summed E-state index contributed by atoms with van der Waals surface area (Å²) in [4.78, 5) is 0. The quantitative estimate of drug-likeness (QED) is 0.900. The molecule has 1 aromatic carbocycles. The summed E-state index contributed by atoms with van der Waals surface area (Å²) in [5.74, 6) is 0.227. The van der Waals surface area contributed by atoms with Crippen molar-refractivity contribution in [3.05, 3.63) is 29.6 Å². The molecule has 3 heteroatoms. The molecule has 106 valence electrons. The maximum Gasteiger partial charge on any atom is 0.165 e. The number of halogens is 1. The van der Waals surface area contributed by atoms with E-state index in [0.29, 0.717) is 12.3 Å². The predicted octanol–water partition coefficient (Wildman–Crippen LogP) is 3.71. The summed E-state index contributed by atoms with van der Waals surface area (Å²) in [6.45, 7) is 2.12. The molecule has 1 aliphatic rings. The molecule has 1 fully saturated rings. The normalized spacial score (nSPS) is 27.3. The molecule has 1 aromatic rings. The van der Waals surface area contributed by atoms with Crippen LogP contribution in [0.2, 0.25) is 0 Å². The predicted molar refractivity (Wildman–Crippen MR) is 73.9 cm³/mol. The molecule has 2 nitrogen and oxygen atoms in total. The number of hydrogen-bond donors (Lipinski definition) is 1. The van der Waals surface area contributed by atoms with Gasteiger partial charge in [-0.25, -0.2) is 4.39 Å². The monoisotopic (exact) mass is 266 g/mol. The van der Waals surface area contributed by atoms with E-state index in [4.69, 9.17) is 4.74 Å². The Morgan fingerprint density at radius 1 is 1.42 bits per heavy atom. The number of benzene rings is 1. The first-order valence-corrected chi connectivity index (χ1v) is 7.14. The molecule has 0 bridgehead atoms. The molecule has 0 radical (unpaired) electrons. The van der Waals surface area contributed by atoms with Crippen LogP contribution in [-0.2, 0) is 6.42 Å². The van der Waals surface area contributed by atoms with Gasteiger partial charge < -0.3 is 9.84 Å². The van der Waals surface area contributed by atoms with Gasteiger partial charge in [0.05, 0.1) is 12.7 Å². The van der Waals surface area contributed by atoms with Gasteiger partial charge in [-0.2, -0.15) is 0 Å². The highest BCUT2D eigenvalue weighted by Gasteiger charge is 2.37. The first-order valence-electron chi connectivity index (χ1n) is 7.14. The van der Waals surface area contributed by atoms with E-state index >= 15 is 0 Å². The Labute approximate surface area is 114 Å². The van der Waals surface area contributed by atoms with Gasteiger partial charge in [-0.15, -0.1) is 0 Å². The zero-order chi connectivity index (χ0) is 13.9. The van der Waals surface area contributed by atoms with Crippen molar-refractivity contribution in [2.75, 3.05) is 7.11 Å². The highest BCUT2D eigenvalue weighted by Crippen LogP contribution is 2.38. The van der Waals surface area contributed by atoms with Crippen molar-refractivity contribution in [2.24, 2.45) is 5.92 Å². The van der Waals surface area contributed by atoms with E-state index in [1.165, 1.54) is 19.6 Å². The molecule has 19 heavy (non-hydrogen) atoms. The van der Waals surface area contributed by atoms with Gasteiger partial charge in [0, 0.05) is 6.42 Å². The lowest BCUT2D eigenvalue weighted by atomic mass is 9.71. The number of hydrogen-bond acceptors (Lipinski definition) is 2. The summed E-state index contributed by atoms with van der Waals surface area (Å²) in [7, 11) is 1.46. The number of aliphatic hydroxyl groups is 1. The van der Waals surface area contributed by atoms with Gasteiger partial charge in [-0.3, -0.25) is 0 Å². The molecule has 0 spiro atoms. The van der Waals surface area contributed by atoms with E-state index < -0.39 is 5.60 Å². The Bertz CT molecular complexity index is 433. The average Bonchev–Trinajstić information content (AvgIpc) is 2.39. The van der Waals surface area contributed by atoms with Gasteiger partial charge in [0.2, 0.25) is 0 Å². The van der Waals surface area contributed by atoms with Crippen LogP contribution in [0.3, 0.4) is 0 Å². The largest absolute Gasteiger partial charge is 0.494 e. The summed E-state index contributed by atoms with van der Waals surface area (Å²) in [6.07, 6.45) is 5.66. The van der Waals surface area contributed by atoms with Crippen LogP contribution >= 0.6 is 0 Å². The van der Waals surface area contributed by atoms with Crippen molar-refractivity contribution in [3.8, 4) is 5.75 Å². The molecule has 0 saturated heterocycles. The SMILES string of the molecule is CCC1CCCCC1(O)Cc1ccc(OC)c(F)c1. The summed E-state index contributed by atoms with van der Waals surface area (Å²) < 4.78 is 18.6. The van der Waals surface area contributed by atoms with E-state index in [2.05, 4.69) is 6.92 Å². The first-order chi connectivity index (χ1) is 9.09. The lowest BCUT2D eigenvalue weighted by molar-refractivity contribution is -0.0491. The minimum Gasteiger partial charge on any atom is -0.494 e. The van der Waals surface area contributed by atoms with E-state index in [9.17, 15) is 9.50 Å². The van der Waals surface area contributed by atoms with Gasteiger partial charge in [-0.1, -0.05) is 32.3 Å². The molecule has 0 amide bonds. The fourth-order valence-corrected chi connectivity index (χ4v) is 3.28. The molecule has 0 aromatic heterocycles. The van der Waals surface area contributed by atoms with Gasteiger partial charge in [0.15, 0.2) is 11.6 Å². The highest BCUT2D eigenvalue weighted by molar-refractivity contribution is 5.30. The van der Waals surface area contributed by atoms with Crippen LogP contribution in [0.25, 0.3) is 0 Å². The zero-order valence-electron chi connectivity index (χ0n) is 11.8. The van der Waals surface area contributed by atoms with Gasteiger partial charge >= 0.3 is 0 Å². The number of methoxy groups -OCH3 is 1. The Balaban J connectivity index is 2.16. The van der Waals surface area contributed by atoms with E-state index in [1.54, 1.807) is 6.07 Å². The fourth-order valence-electron chi connectivity index (χ4n) is 3.28. The average molecular weight is 266 g/mol. The summed E-state index contributed by atoms with van der Waals surface area (Å²) in [5, 5.41) is 10.8.